The molecule has 46 heavy (non-hydrogen) atoms. The Kier molecular flexibility index (Phi) is 9.64. The summed E-state index contributed by atoms with van der Waals surface area (Å²) >= 11 is 0. The van der Waals surface area contributed by atoms with Gasteiger partial charge in [0, 0.05) is 31.2 Å². The number of amides is 1. The minimum Gasteiger partial charge on any atom is -0.494 e. The second kappa shape index (κ2) is 13.8. The van der Waals surface area contributed by atoms with E-state index >= 15 is 0 Å². The van der Waals surface area contributed by atoms with Gasteiger partial charge in [0.2, 0.25) is 0 Å². The SMILES string of the molecule is CCOc1ccc(C(=O)N2CCc3cc(OC)c(OC)cc3[C@@H]2C[C@H]2C[C@H]3c4cc(OC)c(OC)cc4CCN3C[C@H]2CC)cc1. The lowest BCUT2D eigenvalue weighted by Crippen LogP contribution is -2.47. The molecule has 0 N–H and O–H groups in total. The Morgan fingerprint density at radius 3 is 1.96 bits per heavy atom. The van der Waals surface area contributed by atoms with E-state index in [-0.39, 0.29) is 11.9 Å². The molecule has 0 bridgehead atoms. The molecule has 3 aliphatic rings. The third-order valence-corrected chi connectivity index (χ3v) is 10.5. The van der Waals surface area contributed by atoms with Crippen LogP contribution in [0, 0.1) is 11.8 Å². The van der Waals surface area contributed by atoms with E-state index in [0.717, 1.165) is 73.8 Å². The molecule has 0 aliphatic carbocycles. The molecule has 3 aliphatic heterocycles. The van der Waals surface area contributed by atoms with Crippen molar-refractivity contribution in [3.63, 3.8) is 0 Å². The summed E-state index contributed by atoms with van der Waals surface area (Å²) in [5.74, 6) is 4.79. The monoisotopic (exact) mass is 628 g/mol. The molecule has 3 aromatic carbocycles. The third kappa shape index (κ3) is 5.99. The van der Waals surface area contributed by atoms with E-state index in [1.165, 1.54) is 16.7 Å². The van der Waals surface area contributed by atoms with E-state index in [1.807, 2.05) is 31.2 Å². The predicted molar refractivity (Wildman–Crippen MR) is 179 cm³/mol. The first-order valence-corrected chi connectivity index (χ1v) is 16.7. The van der Waals surface area contributed by atoms with Crippen molar-refractivity contribution in [3.05, 3.63) is 76.3 Å². The van der Waals surface area contributed by atoms with Gasteiger partial charge in [0.05, 0.1) is 41.1 Å². The first-order valence-electron chi connectivity index (χ1n) is 16.7. The maximum absolute atomic E-state index is 14.3. The molecule has 8 heteroatoms. The van der Waals surface area contributed by atoms with Gasteiger partial charge in [-0.25, -0.2) is 0 Å². The zero-order chi connectivity index (χ0) is 32.4. The maximum atomic E-state index is 14.3. The zero-order valence-electron chi connectivity index (χ0n) is 28.1. The number of ether oxygens (including phenoxy) is 5. The highest BCUT2D eigenvalue weighted by Crippen LogP contribution is 2.49. The number of fused-ring (bicyclic) bond motifs is 4. The first kappa shape index (κ1) is 32.0. The Balaban J connectivity index is 1.36. The number of rotatable bonds is 10. The summed E-state index contributed by atoms with van der Waals surface area (Å²) in [4.78, 5) is 19.1. The van der Waals surface area contributed by atoms with Gasteiger partial charge in [-0.1, -0.05) is 13.3 Å². The summed E-state index contributed by atoms with van der Waals surface area (Å²) < 4.78 is 28.5. The van der Waals surface area contributed by atoms with Crippen molar-refractivity contribution in [2.75, 3.05) is 54.7 Å². The topological polar surface area (TPSA) is 69.7 Å². The predicted octanol–water partition coefficient (Wildman–Crippen LogP) is 6.89. The standard InChI is InChI=1S/C38H48N2O6/c1-7-24-23-39-15-13-26-19-34(42-3)36(44-5)21-30(26)32(39)17-28(24)18-33-31-22-37(45-6)35(43-4)20-27(31)14-16-40(33)38(41)25-9-11-29(12-10-25)46-8-2/h9-12,19-22,24,28,32-33H,7-8,13-18,23H2,1-6H3/t24-,28-,32+,33+/m1/s1. The molecule has 1 fully saturated rings. The van der Waals surface area contributed by atoms with Crippen LogP contribution in [0.1, 0.15) is 77.8 Å². The van der Waals surface area contributed by atoms with E-state index in [0.29, 0.717) is 42.3 Å². The van der Waals surface area contributed by atoms with E-state index in [1.54, 1.807) is 28.4 Å². The second-order valence-electron chi connectivity index (χ2n) is 12.7. The fraction of sp³-hybridized carbons (Fsp3) is 0.500. The first-order chi connectivity index (χ1) is 22.4. The lowest BCUT2D eigenvalue weighted by atomic mass is 9.72. The van der Waals surface area contributed by atoms with Crippen LogP contribution >= 0.6 is 0 Å². The summed E-state index contributed by atoms with van der Waals surface area (Å²) in [6.45, 7) is 7.62. The molecule has 0 spiro atoms. The van der Waals surface area contributed by atoms with Crippen LogP contribution in [0.4, 0.5) is 0 Å². The summed E-state index contributed by atoms with van der Waals surface area (Å²) in [7, 11) is 6.77. The Morgan fingerprint density at radius 2 is 1.35 bits per heavy atom. The largest absolute Gasteiger partial charge is 0.494 e. The van der Waals surface area contributed by atoms with Gasteiger partial charge in [0.25, 0.3) is 5.91 Å². The average molecular weight is 629 g/mol. The Morgan fingerprint density at radius 1 is 0.761 bits per heavy atom. The summed E-state index contributed by atoms with van der Waals surface area (Å²) in [5, 5.41) is 0. The van der Waals surface area contributed by atoms with Crippen molar-refractivity contribution in [2.45, 2.75) is 58.0 Å². The molecule has 1 amide bonds. The molecule has 0 unspecified atom stereocenters. The average Bonchev–Trinajstić information content (AvgIpc) is 3.10. The van der Waals surface area contributed by atoms with Gasteiger partial charge in [0.15, 0.2) is 23.0 Å². The van der Waals surface area contributed by atoms with Crippen molar-refractivity contribution in [1.29, 1.82) is 0 Å². The van der Waals surface area contributed by atoms with Crippen LogP contribution < -0.4 is 23.7 Å². The van der Waals surface area contributed by atoms with E-state index in [2.05, 4.69) is 41.0 Å². The molecule has 0 aromatic heterocycles. The number of carbonyl (C=O) groups excluding carboxylic acids is 1. The van der Waals surface area contributed by atoms with Gasteiger partial charge in [-0.15, -0.1) is 0 Å². The van der Waals surface area contributed by atoms with Crippen LogP contribution in [0.5, 0.6) is 28.7 Å². The number of hydrogen-bond donors (Lipinski definition) is 0. The van der Waals surface area contributed by atoms with E-state index in [4.69, 9.17) is 23.7 Å². The smallest absolute Gasteiger partial charge is 0.254 e. The fourth-order valence-corrected chi connectivity index (χ4v) is 8.09. The van der Waals surface area contributed by atoms with Crippen LogP contribution in [0.15, 0.2) is 48.5 Å². The van der Waals surface area contributed by atoms with E-state index < -0.39 is 0 Å². The molecular weight excluding hydrogens is 580 g/mol. The van der Waals surface area contributed by atoms with Crippen molar-refractivity contribution < 1.29 is 28.5 Å². The van der Waals surface area contributed by atoms with Gasteiger partial charge in [-0.3, -0.25) is 9.69 Å². The Labute approximate surface area is 273 Å². The highest BCUT2D eigenvalue weighted by Gasteiger charge is 2.42. The number of nitrogens with zero attached hydrogens (tertiary/aromatic N) is 2. The number of piperidine rings is 1. The van der Waals surface area contributed by atoms with Crippen LogP contribution in [-0.2, 0) is 12.8 Å². The highest BCUT2D eigenvalue weighted by atomic mass is 16.5. The number of hydrogen-bond acceptors (Lipinski definition) is 7. The fourth-order valence-electron chi connectivity index (χ4n) is 8.09. The molecule has 0 radical (unpaired) electrons. The summed E-state index contributed by atoms with van der Waals surface area (Å²) in [6.07, 6.45) is 4.80. The van der Waals surface area contributed by atoms with Crippen molar-refractivity contribution in [1.82, 2.24) is 9.80 Å². The zero-order valence-corrected chi connectivity index (χ0v) is 28.1. The van der Waals surface area contributed by atoms with Crippen LogP contribution in [0.25, 0.3) is 0 Å². The van der Waals surface area contributed by atoms with E-state index in [9.17, 15) is 4.79 Å². The quantitative estimate of drug-likeness (QED) is 0.242. The number of benzene rings is 3. The minimum atomic E-state index is -0.0818. The van der Waals surface area contributed by atoms with Gasteiger partial charge >= 0.3 is 0 Å². The summed E-state index contributed by atoms with van der Waals surface area (Å²) in [6, 6.07) is 16.4. The highest BCUT2D eigenvalue weighted by molar-refractivity contribution is 5.95. The van der Waals surface area contributed by atoms with Crippen molar-refractivity contribution >= 4 is 5.91 Å². The van der Waals surface area contributed by atoms with Gasteiger partial charge in [0.1, 0.15) is 5.75 Å². The molecule has 3 heterocycles. The van der Waals surface area contributed by atoms with Gasteiger partial charge in [-0.05, 0) is 115 Å². The van der Waals surface area contributed by atoms with Crippen LogP contribution in [-0.4, -0.2) is 70.4 Å². The lowest BCUT2D eigenvalue weighted by molar-refractivity contribution is 0.0287. The van der Waals surface area contributed by atoms with Crippen molar-refractivity contribution in [2.24, 2.45) is 11.8 Å². The molecule has 6 rings (SSSR count). The van der Waals surface area contributed by atoms with Crippen LogP contribution in [0.3, 0.4) is 0 Å². The molecule has 0 saturated carbocycles. The van der Waals surface area contributed by atoms with Crippen LogP contribution in [0.2, 0.25) is 0 Å². The molecule has 246 valence electrons. The normalized spacial score (nSPS) is 22.3. The molecule has 8 nitrogen and oxygen atoms in total. The maximum Gasteiger partial charge on any atom is 0.254 e. The van der Waals surface area contributed by atoms with Gasteiger partial charge in [-0.2, -0.15) is 0 Å². The summed E-state index contributed by atoms with van der Waals surface area (Å²) in [5.41, 5.74) is 5.77. The lowest BCUT2D eigenvalue weighted by Gasteiger charge is -2.49. The number of methoxy groups -OCH3 is 4. The van der Waals surface area contributed by atoms with Crippen molar-refractivity contribution in [3.8, 4) is 28.7 Å². The molecule has 4 atom stereocenters. The Bertz CT molecular complexity index is 1540. The minimum absolute atomic E-state index is 0.0545. The molecule has 3 aromatic rings. The third-order valence-electron chi connectivity index (χ3n) is 10.5. The Hall–Kier alpha value is -3.91. The molecular formula is C38H48N2O6. The number of carbonyl (C=O) groups is 1. The molecule has 1 saturated heterocycles. The second-order valence-corrected chi connectivity index (χ2v) is 12.7. The van der Waals surface area contributed by atoms with Gasteiger partial charge < -0.3 is 28.6 Å².